The van der Waals surface area contributed by atoms with Gasteiger partial charge in [-0.2, -0.15) is 0 Å². The number of carbonyl (C=O) groups excluding carboxylic acids is 1. The summed E-state index contributed by atoms with van der Waals surface area (Å²) in [6, 6.07) is 0. The molecule has 1 rings (SSSR count). The van der Waals surface area contributed by atoms with E-state index in [-0.39, 0.29) is 6.10 Å². The molecule has 1 aliphatic carbocycles. The second kappa shape index (κ2) is 6.96. The number of rotatable bonds is 6. The molecule has 1 fully saturated rings. The summed E-state index contributed by atoms with van der Waals surface area (Å²) in [7, 11) is 0. The van der Waals surface area contributed by atoms with E-state index in [2.05, 4.69) is 0 Å². The molecule has 1 atom stereocenters. The Morgan fingerprint density at radius 2 is 2.07 bits per heavy atom. The van der Waals surface area contributed by atoms with Crippen LogP contribution in [0.3, 0.4) is 0 Å². The van der Waals surface area contributed by atoms with Gasteiger partial charge in [0.2, 0.25) is 0 Å². The van der Waals surface area contributed by atoms with Gasteiger partial charge in [-0.25, -0.2) is 0 Å². The number of nitrogens with two attached hydrogens (primary N) is 1. The van der Waals surface area contributed by atoms with Crippen molar-refractivity contribution in [2.45, 2.75) is 44.6 Å². The van der Waals surface area contributed by atoms with Gasteiger partial charge >= 0.3 is 0 Å². The molecule has 0 saturated heterocycles. The highest BCUT2D eigenvalue weighted by Gasteiger charge is 2.15. The highest BCUT2D eigenvalue weighted by molar-refractivity contribution is 5.55. The SMILES string of the molecule is NCC[C@@H](C=O)OCC1CCCCC1. The largest absolute Gasteiger partial charge is 0.370 e. The third-order valence-corrected chi connectivity index (χ3v) is 2.87. The van der Waals surface area contributed by atoms with Crippen LogP contribution in [0.25, 0.3) is 0 Å². The summed E-state index contributed by atoms with van der Waals surface area (Å²) in [5.41, 5.74) is 5.37. The minimum atomic E-state index is -0.276. The normalized spacial score (nSPS) is 20.6. The molecule has 0 aromatic rings. The van der Waals surface area contributed by atoms with Gasteiger partial charge in [0.05, 0.1) is 6.61 Å². The Bertz CT molecular complexity index is 155. The lowest BCUT2D eigenvalue weighted by molar-refractivity contribution is -0.119. The van der Waals surface area contributed by atoms with Gasteiger partial charge in [-0.05, 0) is 31.7 Å². The Kier molecular flexibility index (Phi) is 5.80. The molecule has 14 heavy (non-hydrogen) atoms. The van der Waals surface area contributed by atoms with Crippen molar-refractivity contribution < 1.29 is 9.53 Å². The van der Waals surface area contributed by atoms with Gasteiger partial charge in [-0.3, -0.25) is 0 Å². The smallest absolute Gasteiger partial charge is 0.148 e. The van der Waals surface area contributed by atoms with E-state index in [1.165, 1.54) is 32.1 Å². The van der Waals surface area contributed by atoms with E-state index in [4.69, 9.17) is 10.5 Å². The standard InChI is InChI=1S/C11H21NO2/c12-7-6-11(8-13)14-9-10-4-2-1-3-5-10/h8,10-11H,1-7,9,12H2/t11-/m0/s1. The van der Waals surface area contributed by atoms with Crippen LogP contribution in [0.15, 0.2) is 0 Å². The molecule has 0 spiro atoms. The quantitative estimate of drug-likeness (QED) is 0.659. The van der Waals surface area contributed by atoms with E-state index >= 15 is 0 Å². The molecular weight excluding hydrogens is 178 g/mol. The first kappa shape index (κ1) is 11.7. The van der Waals surface area contributed by atoms with Gasteiger partial charge < -0.3 is 15.3 Å². The second-order valence-corrected chi connectivity index (χ2v) is 4.09. The van der Waals surface area contributed by atoms with E-state index in [9.17, 15) is 4.79 Å². The number of aldehydes is 1. The molecular formula is C11H21NO2. The van der Waals surface area contributed by atoms with Crippen molar-refractivity contribution in [3.63, 3.8) is 0 Å². The van der Waals surface area contributed by atoms with Crippen LogP contribution >= 0.6 is 0 Å². The van der Waals surface area contributed by atoms with Crippen molar-refractivity contribution in [1.82, 2.24) is 0 Å². The molecule has 0 aromatic heterocycles. The molecule has 0 unspecified atom stereocenters. The maximum atomic E-state index is 10.6. The van der Waals surface area contributed by atoms with Crippen LogP contribution in [0.1, 0.15) is 38.5 Å². The Labute approximate surface area is 86.0 Å². The summed E-state index contributed by atoms with van der Waals surface area (Å²) in [4.78, 5) is 10.6. The molecule has 3 nitrogen and oxygen atoms in total. The summed E-state index contributed by atoms with van der Waals surface area (Å²) in [6.07, 6.45) is 7.75. The maximum absolute atomic E-state index is 10.6. The third kappa shape index (κ3) is 4.20. The fourth-order valence-electron chi connectivity index (χ4n) is 1.97. The van der Waals surface area contributed by atoms with E-state index < -0.39 is 0 Å². The predicted molar refractivity (Wildman–Crippen MR) is 56.1 cm³/mol. The van der Waals surface area contributed by atoms with Crippen LogP contribution in [0.5, 0.6) is 0 Å². The first-order chi connectivity index (χ1) is 6.86. The molecule has 0 bridgehead atoms. The van der Waals surface area contributed by atoms with Crippen LogP contribution in [0, 0.1) is 5.92 Å². The van der Waals surface area contributed by atoms with Crippen molar-refractivity contribution in [3.05, 3.63) is 0 Å². The number of carbonyl (C=O) groups is 1. The monoisotopic (exact) mass is 199 g/mol. The number of ether oxygens (including phenoxy) is 1. The van der Waals surface area contributed by atoms with Gasteiger partial charge in [-0.1, -0.05) is 19.3 Å². The molecule has 2 N–H and O–H groups in total. The first-order valence-corrected chi connectivity index (χ1v) is 5.63. The lowest BCUT2D eigenvalue weighted by Gasteiger charge is -2.22. The van der Waals surface area contributed by atoms with Gasteiger partial charge in [0.15, 0.2) is 0 Å². The van der Waals surface area contributed by atoms with Crippen molar-refractivity contribution in [1.29, 1.82) is 0 Å². The van der Waals surface area contributed by atoms with E-state index in [1.54, 1.807) is 0 Å². The van der Waals surface area contributed by atoms with E-state index in [0.29, 0.717) is 18.9 Å². The lowest BCUT2D eigenvalue weighted by Crippen LogP contribution is -2.23. The topological polar surface area (TPSA) is 52.3 Å². The Morgan fingerprint density at radius 1 is 1.36 bits per heavy atom. The highest BCUT2D eigenvalue weighted by atomic mass is 16.5. The zero-order valence-electron chi connectivity index (χ0n) is 8.78. The number of hydrogen-bond donors (Lipinski definition) is 1. The van der Waals surface area contributed by atoms with Crippen LogP contribution in [0.2, 0.25) is 0 Å². The maximum Gasteiger partial charge on any atom is 0.148 e. The fraction of sp³-hybridized carbons (Fsp3) is 0.909. The van der Waals surface area contributed by atoms with Crippen LogP contribution < -0.4 is 5.73 Å². The Balaban J connectivity index is 2.13. The molecule has 0 amide bonds. The van der Waals surface area contributed by atoms with Crippen molar-refractivity contribution in [3.8, 4) is 0 Å². The lowest BCUT2D eigenvalue weighted by atomic mass is 9.90. The van der Waals surface area contributed by atoms with Crippen molar-refractivity contribution in [2.24, 2.45) is 11.7 Å². The Hall–Kier alpha value is -0.410. The zero-order chi connectivity index (χ0) is 10.2. The summed E-state index contributed by atoms with van der Waals surface area (Å²) in [6.45, 7) is 1.26. The minimum absolute atomic E-state index is 0.276. The fourth-order valence-corrected chi connectivity index (χ4v) is 1.97. The third-order valence-electron chi connectivity index (χ3n) is 2.87. The molecule has 82 valence electrons. The molecule has 1 saturated carbocycles. The van der Waals surface area contributed by atoms with Gasteiger partial charge in [-0.15, -0.1) is 0 Å². The van der Waals surface area contributed by atoms with E-state index in [0.717, 1.165) is 12.9 Å². The van der Waals surface area contributed by atoms with Gasteiger partial charge in [0.1, 0.15) is 12.4 Å². The molecule has 3 heteroatoms. The van der Waals surface area contributed by atoms with Crippen molar-refractivity contribution >= 4 is 6.29 Å². The number of hydrogen-bond acceptors (Lipinski definition) is 3. The summed E-state index contributed by atoms with van der Waals surface area (Å²) in [5, 5.41) is 0. The zero-order valence-corrected chi connectivity index (χ0v) is 8.78. The second-order valence-electron chi connectivity index (χ2n) is 4.09. The molecule has 1 aliphatic rings. The highest BCUT2D eigenvalue weighted by Crippen LogP contribution is 2.23. The van der Waals surface area contributed by atoms with Crippen molar-refractivity contribution in [2.75, 3.05) is 13.2 Å². The molecule has 0 heterocycles. The Morgan fingerprint density at radius 3 is 2.64 bits per heavy atom. The minimum Gasteiger partial charge on any atom is -0.370 e. The van der Waals surface area contributed by atoms with E-state index in [1.807, 2.05) is 0 Å². The average Bonchev–Trinajstić information content (AvgIpc) is 2.25. The summed E-state index contributed by atoms with van der Waals surface area (Å²) >= 11 is 0. The summed E-state index contributed by atoms with van der Waals surface area (Å²) in [5.74, 6) is 0.670. The van der Waals surface area contributed by atoms with Gasteiger partial charge in [0, 0.05) is 0 Å². The molecule has 0 radical (unpaired) electrons. The molecule has 0 aromatic carbocycles. The van der Waals surface area contributed by atoms with Crippen LogP contribution in [-0.2, 0) is 9.53 Å². The van der Waals surface area contributed by atoms with Crippen LogP contribution in [-0.4, -0.2) is 25.5 Å². The summed E-state index contributed by atoms with van der Waals surface area (Å²) < 4.78 is 5.52. The first-order valence-electron chi connectivity index (χ1n) is 5.63. The van der Waals surface area contributed by atoms with Gasteiger partial charge in [0.25, 0.3) is 0 Å². The average molecular weight is 199 g/mol. The van der Waals surface area contributed by atoms with Crippen LogP contribution in [0.4, 0.5) is 0 Å². The molecule has 0 aliphatic heterocycles. The predicted octanol–water partition coefficient (Wildman–Crippen LogP) is 1.50.